The largest absolute Gasteiger partial charge is 0.461 e. The highest BCUT2D eigenvalue weighted by molar-refractivity contribution is 5.94. The predicted octanol–water partition coefficient (Wildman–Crippen LogP) is 3.87. The van der Waals surface area contributed by atoms with Gasteiger partial charge in [-0.05, 0) is 94.8 Å². The monoisotopic (exact) mass is 334 g/mol. The van der Waals surface area contributed by atoms with E-state index >= 15 is 0 Å². The molecule has 134 valence electrons. The van der Waals surface area contributed by atoms with Gasteiger partial charge in [0, 0.05) is 0 Å². The molecule has 6 aliphatic carbocycles. The fourth-order valence-corrected chi connectivity index (χ4v) is 5.52. The Hall–Kier alpha value is -1.06. The van der Waals surface area contributed by atoms with E-state index in [1.165, 1.54) is 51.4 Å². The van der Waals surface area contributed by atoms with Gasteiger partial charge in [0.1, 0.15) is 12.2 Å². The molecule has 0 amide bonds. The first-order chi connectivity index (χ1) is 11.6. The summed E-state index contributed by atoms with van der Waals surface area (Å²) < 4.78 is 11.4. The van der Waals surface area contributed by atoms with Crippen LogP contribution in [0.1, 0.15) is 71.1 Å². The van der Waals surface area contributed by atoms with Gasteiger partial charge in [-0.2, -0.15) is 0 Å². The maximum Gasteiger partial charge on any atom is 0.320 e. The van der Waals surface area contributed by atoms with E-state index in [4.69, 9.17) is 9.47 Å². The molecule has 24 heavy (non-hydrogen) atoms. The molecule has 2 unspecified atom stereocenters. The van der Waals surface area contributed by atoms with Crippen molar-refractivity contribution in [1.82, 2.24) is 0 Å². The zero-order valence-electron chi connectivity index (χ0n) is 14.7. The Morgan fingerprint density at radius 1 is 0.708 bits per heavy atom. The lowest BCUT2D eigenvalue weighted by Crippen LogP contribution is -2.42. The Morgan fingerprint density at radius 3 is 1.38 bits per heavy atom. The summed E-state index contributed by atoms with van der Waals surface area (Å²) in [5, 5.41) is 0. The second kappa shape index (κ2) is 6.68. The van der Waals surface area contributed by atoms with Crippen molar-refractivity contribution < 1.29 is 19.1 Å². The molecule has 0 aromatic heterocycles. The highest BCUT2D eigenvalue weighted by Crippen LogP contribution is 2.44. The van der Waals surface area contributed by atoms with Gasteiger partial charge in [0.05, 0.1) is 0 Å². The maximum atomic E-state index is 12.4. The Bertz CT molecular complexity index is 442. The predicted molar refractivity (Wildman–Crippen MR) is 89.1 cm³/mol. The minimum absolute atomic E-state index is 0.0333. The van der Waals surface area contributed by atoms with Crippen molar-refractivity contribution in [3.05, 3.63) is 0 Å². The van der Waals surface area contributed by atoms with Crippen LogP contribution >= 0.6 is 0 Å². The first-order valence-corrected chi connectivity index (χ1v) is 10.0. The summed E-state index contributed by atoms with van der Waals surface area (Å²) in [6.45, 7) is 1.65. The standard InChI is InChI=1S/C20H30O4/c1-12(19(21)23-17-10-13-2-6-15(17)7-3-13)20(22)24-18-11-14-4-8-16(18)9-5-14/h12-18H,2-11H2,1H3. The van der Waals surface area contributed by atoms with E-state index in [1.807, 2.05) is 0 Å². The van der Waals surface area contributed by atoms with Crippen LogP contribution in [0.25, 0.3) is 0 Å². The van der Waals surface area contributed by atoms with E-state index in [-0.39, 0.29) is 24.1 Å². The van der Waals surface area contributed by atoms with E-state index in [0.717, 1.165) is 12.8 Å². The normalized spacial score (nSPS) is 41.7. The first kappa shape index (κ1) is 16.4. The summed E-state index contributed by atoms with van der Waals surface area (Å²) in [6.07, 6.45) is 11.9. The smallest absolute Gasteiger partial charge is 0.320 e. The number of fused-ring (bicyclic) bond motifs is 6. The third kappa shape index (κ3) is 3.21. The minimum Gasteiger partial charge on any atom is -0.461 e. The van der Waals surface area contributed by atoms with Gasteiger partial charge in [-0.25, -0.2) is 0 Å². The molecule has 6 fully saturated rings. The first-order valence-electron chi connectivity index (χ1n) is 10.0. The molecule has 6 rings (SSSR count). The van der Waals surface area contributed by atoms with Crippen LogP contribution in [0.5, 0.6) is 0 Å². The molecule has 0 spiro atoms. The molecule has 4 heteroatoms. The molecule has 0 N–H and O–H groups in total. The van der Waals surface area contributed by atoms with Gasteiger partial charge in [-0.1, -0.05) is 0 Å². The van der Waals surface area contributed by atoms with E-state index in [9.17, 15) is 9.59 Å². The number of carbonyl (C=O) groups excluding carboxylic acids is 2. The number of carbonyl (C=O) groups is 2. The maximum absolute atomic E-state index is 12.4. The Balaban J connectivity index is 1.29. The lowest BCUT2D eigenvalue weighted by molar-refractivity contribution is -0.175. The number of ether oxygens (including phenoxy) is 2. The molecule has 0 radical (unpaired) electrons. The molecule has 2 atom stereocenters. The van der Waals surface area contributed by atoms with Crippen LogP contribution in [0.2, 0.25) is 0 Å². The van der Waals surface area contributed by atoms with Gasteiger partial charge in [0.2, 0.25) is 0 Å². The summed E-state index contributed by atoms with van der Waals surface area (Å²) in [5.41, 5.74) is 0. The highest BCUT2D eigenvalue weighted by Gasteiger charge is 2.41. The second-order valence-corrected chi connectivity index (χ2v) is 8.71. The molecule has 0 aromatic rings. The number of hydrogen-bond acceptors (Lipinski definition) is 4. The Labute approximate surface area is 144 Å². The molecule has 4 bridgehead atoms. The summed E-state index contributed by atoms with van der Waals surface area (Å²) >= 11 is 0. The molecule has 4 nitrogen and oxygen atoms in total. The third-order valence-corrected chi connectivity index (χ3v) is 7.21. The average molecular weight is 334 g/mol. The van der Waals surface area contributed by atoms with Crippen LogP contribution < -0.4 is 0 Å². The van der Waals surface area contributed by atoms with Gasteiger partial charge in [-0.3, -0.25) is 9.59 Å². The van der Waals surface area contributed by atoms with Crippen molar-refractivity contribution >= 4 is 11.9 Å². The Morgan fingerprint density at radius 2 is 1.08 bits per heavy atom. The zero-order valence-corrected chi connectivity index (χ0v) is 14.7. The third-order valence-electron chi connectivity index (χ3n) is 7.21. The highest BCUT2D eigenvalue weighted by atomic mass is 16.6. The molecule has 0 aliphatic heterocycles. The lowest BCUT2D eigenvalue weighted by Gasteiger charge is -2.42. The van der Waals surface area contributed by atoms with Gasteiger partial charge in [-0.15, -0.1) is 0 Å². The van der Waals surface area contributed by atoms with Crippen molar-refractivity contribution in [2.75, 3.05) is 0 Å². The summed E-state index contributed by atoms with van der Waals surface area (Å²) in [7, 11) is 0. The fourth-order valence-electron chi connectivity index (χ4n) is 5.52. The van der Waals surface area contributed by atoms with Crippen LogP contribution in [-0.2, 0) is 19.1 Å². The van der Waals surface area contributed by atoms with E-state index in [0.29, 0.717) is 23.7 Å². The molecule has 0 aromatic carbocycles. The van der Waals surface area contributed by atoms with E-state index in [2.05, 4.69) is 0 Å². The molecular formula is C20H30O4. The average Bonchev–Trinajstić information content (AvgIpc) is 2.63. The fraction of sp³-hybridized carbons (Fsp3) is 0.900. The minimum atomic E-state index is -0.786. The van der Waals surface area contributed by atoms with E-state index in [1.54, 1.807) is 6.92 Å². The summed E-state index contributed by atoms with van der Waals surface area (Å²) in [4.78, 5) is 24.8. The summed E-state index contributed by atoms with van der Waals surface area (Å²) in [6, 6.07) is 0. The van der Waals surface area contributed by atoms with Crippen molar-refractivity contribution in [3.63, 3.8) is 0 Å². The van der Waals surface area contributed by atoms with Crippen LogP contribution in [0, 0.1) is 29.6 Å². The number of rotatable bonds is 4. The topological polar surface area (TPSA) is 52.6 Å². The van der Waals surface area contributed by atoms with Crippen LogP contribution in [-0.4, -0.2) is 24.1 Å². The SMILES string of the molecule is CC(C(=O)OC1CC2CCC1CC2)C(=O)OC1CC2CCC1CC2. The molecule has 0 heterocycles. The van der Waals surface area contributed by atoms with Gasteiger partial charge in [0.15, 0.2) is 5.92 Å². The van der Waals surface area contributed by atoms with Crippen LogP contribution in [0.3, 0.4) is 0 Å². The zero-order chi connectivity index (χ0) is 16.7. The van der Waals surface area contributed by atoms with Crippen molar-refractivity contribution in [2.24, 2.45) is 29.6 Å². The van der Waals surface area contributed by atoms with Gasteiger partial charge < -0.3 is 9.47 Å². The van der Waals surface area contributed by atoms with Gasteiger partial charge in [0.25, 0.3) is 0 Å². The van der Waals surface area contributed by atoms with E-state index < -0.39 is 5.92 Å². The second-order valence-electron chi connectivity index (χ2n) is 8.71. The van der Waals surface area contributed by atoms with Gasteiger partial charge >= 0.3 is 11.9 Å². The molecule has 6 saturated carbocycles. The number of hydrogen-bond donors (Lipinski definition) is 0. The molecule has 0 saturated heterocycles. The van der Waals surface area contributed by atoms with Crippen molar-refractivity contribution in [3.8, 4) is 0 Å². The quantitative estimate of drug-likeness (QED) is 0.578. The number of esters is 2. The van der Waals surface area contributed by atoms with Crippen molar-refractivity contribution in [2.45, 2.75) is 83.3 Å². The Kier molecular flexibility index (Phi) is 4.57. The summed E-state index contributed by atoms with van der Waals surface area (Å²) in [5.74, 6) is 0.913. The molecular weight excluding hydrogens is 304 g/mol. The van der Waals surface area contributed by atoms with Crippen LogP contribution in [0.15, 0.2) is 0 Å². The lowest BCUT2D eigenvalue weighted by atomic mass is 9.69. The van der Waals surface area contributed by atoms with Crippen LogP contribution in [0.4, 0.5) is 0 Å². The molecule has 6 aliphatic rings. The van der Waals surface area contributed by atoms with Crippen molar-refractivity contribution in [1.29, 1.82) is 0 Å².